The lowest BCUT2D eigenvalue weighted by Crippen LogP contribution is -2.47. The van der Waals surface area contributed by atoms with Crippen LogP contribution >= 0.6 is 7.82 Å². The highest BCUT2D eigenvalue weighted by Gasteiger charge is 2.30. The van der Waals surface area contributed by atoms with Gasteiger partial charge in [-0.15, -0.1) is 0 Å². The molecule has 2 N–H and O–H groups in total. The van der Waals surface area contributed by atoms with E-state index in [0.717, 1.165) is 103 Å². The molecule has 0 saturated carbocycles. The summed E-state index contributed by atoms with van der Waals surface area (Å²) < 4.78 is 30.5. The summed E-state index contributed by atoms with van der Waals surface area (Å²) in [5.74, 6) is -0.547. The minimum atomic E-state index is -4.45. The summed E-state index contributed by atoms with van der Waals surface area (Å²) in [5.41, 5.74) is 0. The van der Waals surface area contributed by atoms with Gasteiger partial charge in [0.25, 0.3) is 0 Å². The summed E-state index contributed by atoms with van der Waals surface area (Å²) in [5, 5.41) is 3.03. The maximum absolute atomic E-state index is 13.5. The number of phosphoric acid groups is 1. The van der Waals surface area contributed by atoms with Crippen molar-refractivity contribution in [3.8, 4) is 0 Å². The summed E-state index contributed by atoms with van der Waals surface area (Å²) in [6.45, 7) is 6.91. The van der Waals surface area contributed by atoms with E-state index in [-0.39, 0.29) is 31.5 Å². The largest absolute Gasteiger partial charge is 0.472 e. The Morgan fingerprint density at radius 3 is 1.43 bits per heavy atom. The molecule has 0 aliphatic carbocycles. The lowest BCUT2D eigenvalue weighted by molar-refractivity contribution is -0.870. The number of nitrogens with zero attached hydrogens (tertiary/aromatic N) is 1. The van der Waals surface area contributed by atoms with Gasteiger partial charge in [-0.05, 0) is 96.0 Å². The number of carbonyl (C=O) groups excluding carboxylic acids is 2. The van der Waals surface area contributed by atoms with E-state index >= 15 is 0 Å². The highest BCUT2D eigenvalue weighted by molar-refractivity contribution is 7.47. The molecular weight excluding hydrogens is 880 g/mol. The van der Waals surface area contributed by atoms with Gasteiger partial charge in [0, 0.05) is 12.8 Å². The van der Waals surface area contributed by atoms with Crippen molar-refractivity contribution < 1.29 is 37.3 Å². The lowest BCUT2D eigenvalue weighted by Gasteiger charge is -2.27. The van der Waals surface area contributed by atoms with Crippen molar-refractivity contribution in [3.63, 3.8) is 0 Å². The Morgan fingerprint density at radius 2 is 0.928 bits per heavy atom. The van der Waals surface area contributed by atoms with E-state index in [0.29, 0.717) is 17.4 Å². The quantitative estimate of drug-likeness (QED) is 0.0156. The number of likely N-dealkylation sites (N-methyl/N-ethyl adjacent to an activating group) is 1. The molecule has 0 aliphatic rings. The fourth-order valence-corrected chi connectivity index (χ4v) is 8.44. The molecule has 0 aromatic carbocycles. The van der Waals surface area contributed by atoms with Crippen LogP contribution in [0.2, 0.25) is 0 Å². The molecule has 0 saturated heterocycles. The summed E-state index contributed by atoms with van der Waals surface area (Å²) >= 11 is 0. The SMILES string of the molecule is CCCCC/C=C\C/C=C\C/C=C\CCCCCCC(=O)NC(COP(=O)(O)OCC[N+](C)(C)C)C(/C=C/CCCCCCCCCCC)OC(=O)CCCCCCCC/C=C/C=C/CCCCC. The molecule has 3 atom stereocenters. The van der Waals surface area contributed by atoms with E-state index in [1.54, 1.807) is 0 Å². The van der Waals surface area contributed by atoms with E-state index in [2.05, 4.69) is 86.8 Å². The second kappa shape index (κ2) is 49.0. The predicted molar refractivity (Wildman–Crippen MR) is 295 cm³/mol. The number of amides is 1. The van der Waals surface area contributed by atoms with Gasteiger partial charge in [-0.25, -0.2) is 4.57 Å². The van der Waals surface area contributed by atoms with Gasteiger partial charge in [0.05, 0.1) is 33.8 Å². The molecule has 10 heteroatoms. The highest BCUT2D eigenvalue weighted by atomic mass is 31.2. The molecule has 0 fully saturated rings. The standard InChI is InChI=1S/C59H107N2O7P/c1-7-10-13-16-19-22-25-27-29-30-32-33-36-39-42-45-48-51-58(62)60-56(55-67-69(64,65)66-54-53-61(4,5)6)57(50-47-44-41-38-35-24-21-18-15-12-9-3)68-59(63)52-49-46-43-40-37-34-31-28-26-23-20-17-14-11-8-2/h19-20,22-23,26-29,32-33,47,50,56-57H,7-18,21,24-25,30-31,34-46,48-49,51-55H2,1-6H3,(H-,60,62,64,65)/p+1/b22-19-,23-20+,28-26+,29-27-,33-32-,50-47+. The average molecular weight is 988 g/mol. The van der Waals surface area contributed by atoms with Crippen LogP contribution in [0.1, 0.15) is 239 Å². The number of nitrogens with one attached hydrogen (secondary N) is 1. The molecule has 0 spiro atoms. The molecule has 0 aliphatic heterocycles. The Morgan fingerprint density at radius 1 is 0.522 bits per heavy atom. The van der Waals surface area contributed by atoms with Crippen LogP contribution < -0.4 is 5.32 Å². The van der Waals surface area contributed by atoms with Crippen molar-refractivity contribution in [2.45, 2.75) is 251 Å². The Balaban J connectivity index is 5.40. The zero-order valence-corrected chi connectivity index (χ0v) is 46.4. The number of hydrogen-bond acceptors (Lipinski definition) is 6. The van der Waals surface area contributed by atoms with Crippen LogP contribution in [-0.2, 0) is 27.9 Å². The first-order valence-corrected chi connectivity index (χ1v) is 29.8. The molecule has 69 heavy (non-hydrogen) atoms. The number of esters is 1. The summed E-state index contributed by atoms with van der Waals surface area (Å²) in [6, 6.07) is -0.866. The van der Waals surface area contributed by atoms with Crippen molar-refractivity contribution in [1.29, 1.82) is 0 Å². The van der Waals surface area contributed by atoms with E-state index in [1.165, 1.54) is 103 Å². The van der Waals surface area contributed by atoms with Crippen molar-refractivity contribution >= 4 is 19.7 Å². The second-order valence-corrected chi connectivity index (χ2v) is 21.6. The molecule has 3 unspecified atom stereocenters. The van der Waals surface area contributed by atoms with Gasteiger partial charge in [0.1, 0.15) is 19.3 Å². The molecule has 0 rings (SSSR count). The third kappa shape index (κ3) is 50.2. The smallest absolute Gasteiger partial charge is 0.456 e. The minimum absolute atomic E-state index is 0.0310. The Bertz CT molecular complexity index is 1420. The van der Waals surface area contributed by atoms with Crippen LogP contribution in [0.3, 0.4) is 0 Å². The second-order valence-electron chi connectivity index (χ2n) is 20.1. The first-order chi connectivity index (χ1) is 33.4. The van der Waals surface area contributed by atoms with Gasteiger partial charge in [0.15, 0.2) is 0 Å². The predicted octanol–water partition coefficient (Wildman–Crippen LogP) is 16.9. The number of quaternary nitrogens is 1. The molecule has 0 aromatic heterocycles. The van der Waals surface area contributed by atoms with Crippen molar-refractivity contribution in [2.24, 2.45) is 0 Å². The third-order valence-electron chi connectivity index (χ3n) is 12.1. The van der Waals surface area contributed by atoms with Crippen LogP contribution in [-0.4, -0.2) is 74.3 Å². The van der Waals surface area contributed by atoms with Crippen LogP contribution in [0.25, 0.3) is 0 Å². The highest BCUT2D eigenvalue weighted by Crippen LogP contribution is 2.43. The lowest BCUT2D eigenvalue weighted by atomic mass is 10.1. The van der Waals surface area contributed by atoms with Gasteiger partial charge < -0.3 is 19.4 Å². The van der Waals surface area contributed by atoms with Crippen LogP contribution in [0.5, 0.6) is 0 Å². The first kappa shape index (κ1) is 66.5. The molecule has 1 amide bonds. The van der Waals surface area contributed by atoms with Crippen molar-refractivity contribution in [2.75, 3.05) is 40.9 Å². The minimum Gasteiger partial charge on any atom is -0.456 e. The van der Waals surface area contributed by atoms with Gasteiger partial charge in [0.2, 0.25) is 5.91 Å². The number of phosphoric ester groups is 1. The monoisotopic (exact) mass is 988 g/mol. The number of ether oxygens (including phenoxy) is 1. The number of hydrogen-bond donors (Lipinski definition) is 2. The van der Waals surface area contributed by atoms with E-state index in [9.17, 15) is 19.0 Å². The fourth-order valence-electron chi connectivity index (χ4n) is 7.70. The van der Waals surface area contributed by atoms with E-state index in [4.69, 9.17) is 13.8 Å². The van der Waals surface area contributed by atoms with Gasteiger partial charge in [-0.3, -0.25) is 18.6 Å². The summed E-state index contributed by atoms with van der Waals surface area (Å²) in [7, 11) is 1.47. The number of rotatable bonds is 50. The average Bonchev–Trinajstić information content (AvgIpc) is 3.31. The summed E-state index contributed by atoms with van der Waals surface area (Å²) in [4.78, 5) is 37.5. The molecule has 0 bridgehead atoms. The van der Waals surface area contributed by atoms with E-state index in [1.807, 2.05) is 33.3 Å². The van der Waals surface area contributed by atoms with E-state index < -0.39 is 20.0 Å². The topological polar surface area (TPSA) is 111 Å². The molecule has 400 valence electrons. The number of carbonyl (C=O) groups is 2. The van der Waals surface area contributed by atoms with Crippen LogP contribution in [0.15, 0.2) is 72.9 Å². The number of allylic oxidation sites excluding steroid dienone is 11. The van der Waals surface area contributed by atoms with Gasteiger partial charge in [-0.1, -0.05) is 203 Å². The third-order valence-corrected chi connectivity index (χ3v) is 13.1. The fraction of sp³-hybridized carbons (Fsp3) is 0.763. The summed E-state index contributed by atoms with van der Waals surface area (Å²) in [6.07, 6.45) is 61.7. The normalized spacial score (nSPS) is 14.4. The molecule has 0 radical (unpaired) electrons. The Labute approximate surface area is 425 Å². The van der Waals surface area contributed by atoms with Gasteiger partial charge >= 0.3 is 13.8 Å². The maximum Gasteiger partial charge on any atom is 0.472 e. The van der Waals surface area contributed by atoms with Crippen molar-refractivity contribution in [1.82, 2.24) is 5.32 Å². The Kier molecular flexibility index (Phi) is 47.2. The molecule has 0 heterocycles. The first-order valence-electron chi connectivity index (χ1n) is 28.3. The Hall–Kier alpha value is -2.55. The molecule has 9 nitrogen and oxygen atoms in total. The maximum atomic E-state index is 13.5. The number of unbranched alkanes of at least 4 members (excludes halogenated alkanes) is 25. The zero-order valence-electron chi connectivity index (χ0n) is 45.5. The van der Waals surface area contributed by atoms with Crippen LogP contribution in [0.4, 0.5) is 0 Å². The van der Waals surface area contributed by atoms with Crippen LogP contribution in [0, 0.1) is 0 Å². The molecule has 0 aromatic rings. The molecular formula is C59H108N2O7P+. The van der Waals surface area contributed by atoms with Crippen molar-refractivity contribution in [3.05, 3.63) is 72.9 Å². The van der Waals surface area contributed by atoms with Gasteiger partial charge in [-0.2, -0.15) is 0 Å². The zero-order chi connectivity index (χ0) is 50.8.